The second kappa shape index (κ2) is 15.7. The summed E-state index contributed by atoms with van der Waals surface area (Å²) in [6.07, 6.45) is -4.48. The van der Waals surface area contributed by atoms with Crippen molar-refractivity contribution in [3.05, 3.63) is 64.2 Å². The predicted octanol–water partition coefficient (Wildman–Crippen LogP) is 3.35. The molecule has 0 spiro atoms. The number of aliphatic hydroxyl groups excluding tert-OH is 1. The number of hydrogen-bond donors (Lipinski definition) is 5. The molecule has 2 atom stereocenters. The first-order chi connectivity index (χ1) is 20.4. The number of carbonyl (C=O) groups excluding carboxylic acids is 3. The number of nitrogens with zero attached hydrogens (tertiary/aromatic N) is 1. The van der Waals surface area contributed by atoms with Crippen molar-refractivity contribution < 1.29 is 37.4 Å². The van der Waals surface area contributed by atoms with E-state index >= 15 is 0 Å². The first kappa shape index (κ1) is 33.8. The van der Waals surface area contributed by atoms with Crippen LogP contribution >= 0.6 is 0 Å². The molecule has 0 radical (unpaired) electrons. The Labute approximate surface area is 249 Å². The maximum absolute atomic E-state index is 13.4. The number of morpholine rings is 1. The Morgan fingerprint density at radius 3 is 2.44 bits per heavy atom. The van der Waals surface area contributed by atoms with Crippen molar-refractivity contribution in [1.29, 1.82) is 0 Å². The highest BCUT2D eigenvalue weighted by Crippen LogP contribution is 2.32. The lowest BCUT2D eigenvalue weighted by atomic mass is 10.0. The van der Waals surface area contributed by atoms with Crippen LogP contribution in [0.2, 0.25) is 0 Å². The Kier molecular flexibility index (Phi) is 12.3. The van der Waals surface area contributed by atoms with Crippen LogP contribution < -0.4 is 21.3 Å². The first-order valence-electron chi connectivity index (χ1n) is 14.3. The molecule has 13 heteroatoms. The molecule has 1 fully saturated rings. The zero-order valence-corrected chi connectivity index (χ0v) is 24.6. The van der Waals surface area contributed by atoms with Gasteiger partial charge in [-0.3, -0.25) is 9.59 Å². The summed E-state index contributed by atoms with van der Waals surface area (Å²) in [6.45, 7) is 7.33. The lowest BCUT2D eigenvalue weighted by molar-refractivity contribution is -0.137. The number of halogens is 3. The molecule has 1 aliphatic rings. The summed E-state index contributed by atoms with van der Waals surface area (Å²) in [7, 11) is 0. The number of anilines is 1. The van der Waals surface area contributed by atoms with Crippen LogP contribution in [0.15, 0.2) is 36.4 Å². The van der Waals surface area contributed by atoms with Gasteiger partial charge < -0.3 is 36.0 Å². The highest BCUT2D eigenvalue weighted by molar-refractivity contribution is 6.04. The maximum atomic E-state index is 13.4. The molecule has 1 heterocycles. The summed E-state index contributed by atoms with van der Waals surface area (Å²) in [4.78, 5) is 39.9. The van der Waals surface area contributed by atoms with E-state index in [1.54, 1.807) is 0 Å². The fourth-order valence-electron chi connectivity index (χ4n) is 4.68. The number of carbonyl (C=O) groups is 3. The lowest BCUT2D eigenvalue weighted by Gasteiger charge is -2.27. The van der Waals surface area contributed by atoms with Gasteiger partial charge >= 0.3 is 12.2 Å². The molecule has 4 amide bonds. The zero-order valence-electron chi connectivity index (χ0n) is 24.6. The van der Waals surface area contributed by atoms with Crippen molar-refractivity contribution >= 4 is 23.5 Å². The largest absolute Gasteiger partial charge is 0.416 e. The molecule has 5 N–H and O–H groups in total. The van der Waals surface area contributed by atoms with Crippen molar-refractivity contribution in [3.8, 4) is 0 Å². The minimum absolute atomic E-state index is 0.130. The van der Waals surface area contributed by atoms with E-state index in [9.17, 15) is 32.7 Å². The predicted molar refractivity (Wildman–Crippen MR) is 156 cm³/mol. The summed E-state index contributed by atoms with van der Waals surface area (Å²) in [6, 6.07) is 7.22. The van der Waals surface area contributed by atoms with Crippen LogP contribution in [-0.4, -0.2) is 79.4 Å². The second-order valence-corrected chi connectivity index (χ2v) is 10.6. The van der Waals surface area contributed by atoms with Gasteiger partial charge in [-0.2, -0.15) is 13.2 Å². The molecule has 236 valence electrons. The first-order valence-corrected chi connectivity index (χ1v) is 14.3. The number of aliphatic hydroxyl groups is 1. The van der Waals surface area contributed by atoms with E-state index < -0.39 is 53.8 Å². The summed E-state index contributed by atoms with van der Waals surface area (Å²) in [5, 5.41) is 21.4. The number of alkyl halides is 3. The van der Waals surface area contributed by atoms with Gasteiger partial charge in [0.1, 0.15) is 0 Å². The molecule has 1 aliphatic heterocycles. The molecule has 0 bridgehead atoms. The van der Waals surface area contributed by atoms with E-state index in [4.69, 9.17) is 4.74 Å². The minimum Gasteiger partial charge on any atom is -0.391 e. The molecule has 0 aliphatic carbocycles. The van der Waals surface area contributed by atoms with Crippen LogP contribution in [0.5, 0.6) is 0 Å². The van der Waals surface area contributed by atoms with E-state index in [-0.39, 0.29) is 12.2 Å². The van der Waals surface area contributed by atoms with Crippen LogP contribution in [0.1, 0.15) is 52.4 Å². The summed E-state index contributed by atoms with van der Waals surface area (Å²) in [5.41, 5.74) is 1.68. The molecule has 10 nitrogen and oxygen atoms in total. The van der Waals surface area contributed by atoms with Gasteiger partial charge in [-0.15, -0.1) is 0 Å². The quantitative estimate of drug-likeness (QED) is 0.252. The van der Waals surface area contributed by atoms with Crippen LogP contribution in [0, 0.1) is 13.8 Å². The minimum atomic E-state index is -4.73. The summed E-state index contributed by atoms with van der Waals surface area (Å²) >= 11 is 0. The third-order valence-corrected chi connectivity index (χ3v) is 7.11. The SMILES string of the molecule is CCC[C@@H](O)[C@H](CNCc1ccc(C)cc1C)NC(=O)CNC(=O)c1cc(C(F)(F)F)ccc1NC(=O)N1CCOCC1. The van der Waals surface area contributed by atoms with E-state index in [0.717, 1.165) is 28.8 Å². The topological polar surface area (TPSA) is 132 Å². The van der Waals surface area contributed by atoms with Gasteiger partial charge in [0.05, 0.1) is 48.7 Å². The Morgan fingerprint density at radius 2 is 1.79 bits per heavy atom. The normalized spacial score (nSPS) is 15.0. The highest BCUT2D eigenvalue weighted by atomic mass is 19.4. The summed E-state index contributed by atoms with van der Waals surface area (Å²) in [5.74, 6) is -1.61. The van der Waals surface area contributed by atoms with Crippen molar-refractivity contribution in [3.63, 3.8) is 0 Å². The Hall–Kier alpha value is -3.68. The van der Waals surface area contributed by atoms with Crippen molar-refractivity contribution in [2.24, 2.45) is 0 Å². The van der Waals surface area contributed by atoms with Crippen LogP contribution in [0.25, 0.3) is 0 Å². The average Bonchev–Trinajstić information content (AvgIpc) is 2.96. The van der Waals surface area contributed by atoms with Crippen molar-refractivity contribution in [1.82, 2.24) is 20.9 Å². The summed E-state index contributed by atoms with van der Waals surface area (Å²) < 4.78 is 45.5. The molecule has 0 saturated carbocycles. The number of ether oxygens (including phenoxy) is 1. The van der Waals surface area contributed by atoms with Gasteiger partial charge in [0, 0.05) is 26.2 Å². The van der Waals surface area contributed by atoms with Crippen LogP contribution in [-0.2, 0) is 22.3 Å². The van der Waals surface area contributed by atoms with Gasteiger partial charge in [0.25, 0.3) is 5.91 Å². The molecule has 2 aromatic carbocycles. The zero-order chi connectivity index (χ0) is 31.6. The monoisotopic (exact) mass is 607 g/mol. The average molecular weight is 608 g/mol. The fraction of sp³-hybridized carbons (Fsp3) is 0.500. The number of hydrogen-bond acceptors (Lipinski definition) is 6. The lowest BCUT2D eigenvalue weighted by Crippen LogP contribution is -2.51. The molecular weight excluding hydrogens is 567 g/mol. The van der Waals surface area contributed by atoms with Gasteiger partial charge in [0.15, 0.2) is 0 Å². The van der Waals surface area contributed by atoms with Crippen molar-refractivity contribution in [2.75, 3.05) is 44.7 Å². The number of nitrogens with one attached hydrogen (secondary N) is 4. The van der Waals surface area contributed by atoms with Crippen LogP contribution in [0.3, 0.4) is 0 Å². The Bertz CT molecular complexity index is 1270. The van der Waals surface area contributed by atoms with Gasteiger partial charge in [-0.05, 0) is 49.6 Å². The maximum Gasteiger partial charge on any atom is 0.416 e. The van der Waals surface area contributed by atoms with E-state index in [0.29, 0.717) is 51.8 Å². The van der Waals surface area contributed by atoms with Gasteiger partial charge in [0.2, 0.25) is 5.91 Å². The second-order valence-electron chi connectivity index (χ2n) is 10.6. The molecular formula is C30H40F3N5O5. The number of rotatable bonds is 12. The van der Waals surface area contributed by atoms with E-state index in [1.165, 1.54) is 4.90 Å². The van der Waals surface area contributed by atoms with Gasteiger partial charge in [-0.25, -0.2) is 4.79 Å². The van der Waals surface area contributed by atoms with Gasteiger partial charge in [-0.1, -0.05) is 37.1 Å². The van der Waals surface area contributed by atoms with E-state index in [1.807, 2.05) is 32.9 Å². The highest BCUT2D eigenvalue weighted by Gasteiger charge is 2.32. The molecule has 3 rings (SSSR count). The molecule has 1 saturated heterocycles. The third-order valence-electron chi connectivity index (χ3n) is 7.11. The molecule has 0 aromatic heterocycles. The number of aryl methyl sites for hydroxylation is 2. The van der Waals surface area contributed by atoms with Crippen LogP contribution in [0.4, 0.5) is 23.7 Å². The Balaban J connectivity index is 1.65. The Morgan fingerprint density at radius 1 is 1.07 bits per heavy atom. The standard InChI is InChI=1S/C30H40F3N5O5/c1-4-5-26(39)25(17-34-16-21-7-6-19(2)14-20(21)3)36-27(40)18-35-28(41)23-15-22(30(31,32)33)8-9-24(23)37-29(42)38-10-12-43-13-11-38/h6-9,14-15,25-26,34,39H,4-5,10-13,16-18H2,1-3H3,(H,35,41)(H,36,40)(H,37,42)/t25-,26+/m0/s1. The molecule has 0 unspecified atom stereocenters. The van der Waals surface area contributed by atoms with Crippen molar-refractivity contribution in [2.45, 2.75) is 58.5 Å². The number of urea groups is 1. The fourth-order valence-corrected chi connectivity index (χ4v) is 4.68. The smallest absolute Gasteiger partial charge is 0.391 e. The third kappa shape index (κ3) is 10.2. The molecule has 2 aromatic rings. The molecule has 43 heavy (non-hydrogen) atoms. The number of amides is 4. The van der Waals surface area contributed by atoms with E-state index in [2.05, 4.69) is 27.3 Å². The number of benzene rings is 2.